The quantitative estimate of drug-likeness (QED) is 0.333. The molecule has 1 aliphatic heterocycles. The first kappa shape index (κ1) is 27.5. The second kappa shape index (κ2) is 10.9. The van der Waals surface area contributed by atoms with Crippen molar-refractivity contribution in [3.63, 3.8) is 0 Å². The molecule has 1 aromatic carbocycles. The summed E-state index contributed by atoms with van der Waals surface area (Å²) < 4.78 is 50.2. The van der Waals surface area contributed by atoms with Gasteiger partial charge in [0.2, 0.25) is 5.91 Å². The van der Waals surface area contributed by atoms with E-state index in [0.717, 1.165) is 37.7 Å². The molecule has 0 aromatic heterocycles. The van der Waals surface area contributed by atoms with Gasteiger partial charge in [0.15, 0.2) is 0 Å². The highest BCUT2D eigenvalue weighted by atomic mass is 19.4. The van der Waals surface area contributed by atoms with Crippen molar-refractivity contribution < 1.29 is 37.0 Å². The van der Waals surface area contributed by atoms with Crippen molar-refractivity contribution in [1.82, 2.24) is 4.90 Å². The average molecular weight is 511 g/mol. The molecule has 1 N–H and O–H groups in total. The number of carbonyl (C=O) groups is 3. The molecule has 0 radical (unpaired) electrons. The van der Waals surface area contributed by atoms with Gasteiger partial charge in [-0.25, -0.2) is 4.79 Å². The number of hydrogen-bond acceptors (Lipinski definition) is 5. The number of alkyl halides is 3. The number of fused-ring (bicyclic) bond motifs is 1. The summed E-state index contributed by atoms with van der Waals surface area (Å²) >= 11 is 0. The summed E-state index contributed by atoms with van der Waals surface area (Å²) in [4.78, 5) is 38.7. The molecular weight excluding hydrogens is 477 g/mol. The van der Waals surface area contributed by atoms with E-state index in [1.807, 2.05) is 18.3 Å². The van der Waals surface area contributed by atoms with E-state index in [1.54, 1.807) is 25.9 Å². The van der Waals surface area contributed by atoms with E-state index in [0.29, 0.717) is 16.9 Å². The topological polar surface area (TPSA) is 84.9 Å². The fourth-order valence-corrected chi connectivity index (χ4v) is 5.25. The van der Waals surface area contributed by atoms with E-state index < -0.39 is 18.1 Å². The number of esters is 1. The van der Waals surface area contributed by atoms with Crippen molar-refractivity contribution in [2.45, 2.75) is 65.2 Å². The number of hydrogen-bond donors (Lipinski definition) is 1. The Kier molecular flexibility index (Phi) is 8.36. The molecule has 1 fully saturated rings. The summed E-state index contributed by atoms with van der Waals surface area (Å²) in [5, 5.41) is 1.92. The Morgan fingerprint density at radius 2 is 1.94 bits per heavy atom. The molecule has 36 heavy (non-hydrogen) atoms. The maximum Gasteiger partial charge on any atom is 0.471 e. The van der Waals surface area contributed by atoms with Crippen LogP contribution in [0.3, 0.4) is 0 Å². The summed E-state index contributed by atoms with van der Waals surface area (Å²) in [5.74, 6) is -2.93. The Morgan fingerprint density at radius 1 is 1.25 bits per heavy atom. The Morgan fingerprint density at radius 3 is 2.56 bits per heavy atom. The van der Waals surface area contributed by atoms with Gasteiger partial charge in [0, 0.05) is 31.1 Å². The van der Waals surface area contributed by atoms with E-state index >= 15 is 0 Å². The van der Waals surface area contributed by atoms with Crippen LogP contribution < -0.4 is 10.1 Å². The largest absolute Gasteiger partial charge is 0.496 e. The van der Waals surface area contributed by atoms with Crippen LogP contribution in [-0.2, 0) is 27.4 Å². The van der Waals surface area contributed by atoms with Crippen molar-refractivity contribution in [3.05, 3.63) is 33.9 Å². The number of ether oxygens (including phenoxy) is 2. The highest BCUT2D eigenvalue weighted by Gasteiger charge is 2.41. The van der Waals surface area contributed by atoms with Gasteiger partial charge in [-0.1, -0.05) is 31.4 Å². The smallest absolute Gasteiger partial charge is 0.471 e. The van der Waals surface area contributed by atoms with E-state index in [2.05, 4.69) is 0 Å². The van der Waals surface area contributed by atoms with Gasteiger partial charge in [-0.05, 0) is 44.1 Å². The molecule has 2 unspecified atom stereocenters. The number of rotatable bonds is 6. The van der Waals surface area contributed by atoms with Crippen molar-refractivity contribution >= 4 is 23.5 Å². The monoisotopic (exact) mass is 510 g/mol. The van der Waals surface area contributed by atoms with Crippen LogP contribution >= 0.6 is 0 Å². The lowest BCUT2D eigenvalue weighted by molar-refractivity contribution is -0.167. The molecule has 0 saturated heterocycles. The van der Waals surface area contributed by atoms with Gasteiger partial charge in [-0.2, -0.15) is 13.2 Å². The highest BCUT2D eigenvalue weighted by molar-refractivity contribution is 6.07. The predicted octanol–water partition coefficient (Wildman–Crippen LogP) is 4.95. The Bertz CT molecular complexity index is 1080. The number of anilines is 1. The van der Waals surface area contributed by atoms with E-state index in [1.165, 1.54) is 7.11 Å². The number of methoxy groups -OCH3 is 1. The first-order chi connectivity index (χ1) is 16.9. The molecule has 2 atom stereocenters. The molecule has 1 aromatic rings. The SMILES string of the molecule is COc1c(C)c2c(c(NC(=O)C(F)(F)F)c1CC=C1CCCCCC1C(C)C(=O)N(C)C)C(=O)OC2. The summed E-state index contributed by atoms with van der Waals surface area (Å²) in [6, 6.07) is 0. The summed E-state index contributed by atoms with van der Waals surface area (Å²) in [5.41, 5.74) is 1.97. The van der Waals surface area contributed by atoms with E-state index in [-0.39, 0.29) is 47.6 Å². The van der Waals surface area contributed by atoms with Crippen LogP contribution in [0.25, 0.3) is 0 Å². The first-order valence-electron chi connectivity index (χ1n) is 12.1. The molecule has 1 saturated carbocycles. The number of nitrogens with zero attached hydrogens (tertiary/aromatic N) is 1. The standard InChI is InChI=1S/C26H33F3N2O5/c1-14-19-13-36-24(33)20(19)21(30-25(34)26(27,28)29)18(22(14)35-5)12-11-16-9-7-6-8-10-17(16)15(2)23(32)31(3)4/h11,15,17H,6-10,12-13H2,1-5H3,(H,30,34). The minimum absolute atomic E-state index is 0.0119. The zero-order chi connectivity index (χ0) is 26.8. The third-order valence-electron chi connectivity index (χ3n) is 7.13. The van der Waals surface area contributed by atoms with E-state index in [9.17, 15) is 27.6 Å². The maximum atomic E-state index is 13.2. The van der Waals surface area contributed by atoms with Gasteiger partial charge in [-0.15, -0.1) is 0 Å². The van der Waals surface area contributed by atoms with Gasteiger partial charge in [-0.3, -0.25) is 9.59 Å². The number of amides is 2. The van der Waals surface area contributed by atoms with Crippen LogP contribution in [0.2, 0.25) is 0 Å². The number of cyclic esters (lactones) is 1. The fourth-order valence-electron chi connectivity index (χ4n) is 5.25. The molecule has 3 rings (SSSR count). The lowest BCUT2D eigenvalue weighted by Gasteiger charge is -2.27. The van der Waals surface area contributed by atoms with Gasteiger partial charge in [0.1, 0.15) is 12.4 Å². The lowest BCUT2D eigenvalue weighted by Crippen LogP contribution is -2.33. The van der Waals surface area contributed by atoms with Gasteiger partial charge in [0.05, 0.1) is 18.4 Å². The van der Waals surface area contributed by atoms with Crippen LogP contribution in [0.1, 0.15) is 66.1 Å². The lowest BCUT2D eigenvalue weighted by atomic mass is 9.81. The molecule has 0 spiro atoms. The normalized spacial score (nSPS) is 19.8. The number of carbonyl (C=O) groups excluding carboxylic acids is 3. The van der Waals surface area contributed by atoms with Crippen molar-refractivity contribution in [2.24, 2.45) is 11.8 Å². The third kappa shape index (κ3) is 5.52. The zero-order valence-corrected chi connectivity index (χ0v) is 21.3. The summed E-state index contributed by atoms with van der Waals surface area (Å²) in [6.45, 7) is 3.49. The minimum atomic E-state index is -5.14. The van der Waals surface area contributed by atoms with Crippen LogP contribution in [0, 0.1) is 18.8 Å². The van der Waals surface area contributed by atoms with Crippen LogP contribution in [-0.4, -0.2) is 50.1 Å². The molecule has 0 bridgehead atoms. The molecule has 7 nitrogen and oxygen atoms in total. The number of allylic oxidation sites excluding steroid dienone is 2. The fraction of sp³-hybridized carbons (Fsp3) is 0.577. The van der Waals surface area contributed by atoms with Crippen molar-refractivity contribution in [1.29, 1.82) is 0 Å². The molecule has 10 heteroatoms. The molecule has 198 valence electrons. The first-order valence-corrected chi connectivity index (χ1v) is 12.1. The zero-order valence-electron chi connectivity index (χ0n) is 21.3. The third-order valence-corrected chi connectivity index (χ3v) is 7.13. The Hall–Kier alpha value is -3.04. The summed E-state index contributed by atoms with van der Waals surface area (Å²) in [6.07, 6.45) is 1.43. The number of nitrogens with one attached hydrogen (secondary N) is 1. The second-order valence-electron chi connectivity index (χ2n) is 9.60. The maximum absolute atomic E-state index is 13.2. The van der Waals surface area contributed by atoms with Crippen LogP contribution in [0.5, 0.6) is 5.75 Å². The van der Waals surface area contributed by atoms with Crippen molar-refractivity contribution in [3.8, 4) is 5.75 Å². The van der Waals surface area contributed by atoms with Crippen LogP contribution in [0.15, 0.2) is 11.6 Å². The second-order valence-corrected chi connectivity index (χ2v) is 9.60. The van der Waals surface area contributed by atoms with E-state index in [4.69, 9.17) is 9.47 Å². The number of benzene rings is 1. The van der Waals surface area contributed by atoms with Gasteiger partial charge < -0.3 is 19.7 Å². The van der Waals surface area contributed by atoms with Gasteiger partial charge in [0.25, 0.3) is 0 Å². The molecule has 1 heterocycles. The molecule has 2 amide bonds. The number of halogens is 3. The molecule has 1 aliphatic carbocycles. The molecule has 2 aliphatic rings. The highest BCUT2D eigenvalue weighted by Crippen LogP contribution is 2.43. The van der Waals surface area contributed by atoms with Gasteiger partial charge >= 0.3 is 18.1 Å². The average Bonchev–Trinajstić information content (AvgIpc) is 3.05. The predicted molar refractivity (Wildman–Crippen MR) is 128 cm³/mol. The Balaban J connectivity index is 2.11. The van der Waals surface area contributed by atoms with Crippen molar-refractivity contribution in [2.75, 3.05) is 26.5 Å². The Labute approximate surface area is 209 Å². The molecular formula is C26H33F3N2O5. The summed E-state index contributed by atoms with van der Waals surface area (Å²) in [7, 11) is 4.82. The van der Waals surface area contributed by atoms with Crippen LogP contribution in [0.4, 0.5) is 18.9 Å². The minimum Gasteiger partial charge on any atom is -0.496 e.